The van der Waals surface area contributed by atoms with Crippen molar-refractivity contribution in [1.29, 1.82) is 0 Å². The summed E-state index contributed by atoms with van der Waals surface area (Å²) >= 11 is 0. The van der Waals surface area contributed by atoms with Crippen LogP contribution in [0.3, 0.4) is 0 Å². The van der Waals surface area contributed by atoms with E-state index in [9.17, 15) is 4.39 Å². The van der Waals surface area contributed by atoms with Crippen LogP contribution in [0.5, 0.6) is 0 Å². The maximum absolute atomic E-state index is 13.3. The van der Waals surface area contributed by atoms with Crippen molar-refractivity contribution >= 4 is 5.82 Å². The summed E-state index contributed by atoms with van der Waals surface area (Å²) in [6.07, 6.45) is 3.22. The van der Waals surface area contributed by atoms with Crippen LogP contribution in [0.25, 0.3) is 0 Å². The molecule has 0 fully saturated rings. The van der Waals surface area contributed by atoms with Gasteiger partial charge in [0.25, 0.3) is 0 Å². The first-order valence-electron chi connectivity index (χ1n) is 5.50. The van der Waals surface area contributed by atoms with Gasteiger partial charge in [-0.05, 0) is 30.4 Å². The molecule has 3 nitrogen and oxygen atoms in total. The SMILES string of the molecule is CC(C)(CCCO)CNc1ncccc1F. The molecule has 1 heterocycles. The highest BCUT2D eigenvalue weighted by atomic mass is 19.1. The number of hydrogen-bond donors (Lipinski definition) is 2. The zero-order chi connectivity index (χ0) is 12.0. The molecule has 0 amide bonds. The number of pyridine rings is 1. The Kier molecular flexibility index (Phi) is 4.68. The van der Waals surface area contributed by atoms with Crippen LogP contribution < -0.4 is 5.32 Å². The molecule has 0 aliphatic carbocycles. The second-order valence-electron chi connectivity index (χ2n) is 4.68. The van der Waals surface area contributed by atoms with Crippen molar-refractivity contribution in [1.82, 2.24) is 4.98 Å². The molecule has 0 radical (unpaired) electrons. The van der Waals surface area contributed by atoms with Crippen molar-refractivity contribution in [3.63, 3.8) is 0 Å². The van der Waals surface area contributed by atoms with Gasteiger partial charge in [-0.2, -0.15) is 0 Å². The Bertz CT molecular complexity index is 329. The lowest BCUT2D eigenvalue weighted by molar-refractivity contribution is 0.247. The Morgan fingerprint density at radius 1 is 1.50 bits per heavy atom. The highest BCUT2D eigenvalue weighted by Crippen LogP contribution is 2.22. The quantitative estimate of drug-likeness (QED) is 0.783. The lowest BCUT2D eigenvalue weighted by atomic mass is 9.88. The van der Waals surface area contributed by atoms with E-state index >= 15 is 0 Å². The number of aliphatic hydroxyl groups excluding tert-OH is 1. The highest BCUT2D eigenvalue weighted by molar-refractivity contribution is 5.35. The van der Waals surface area contributed by atoms with Gasteiger partial charge in [0.05, 0.1) is 0 Å². The van der Waals surface area contributed by atoms with Gasteiger partial charge >= 0.3 is 0 Å². The molecule has 0 saturated heterocycles. The Hall–Kier alpha value is -1.16. The second-order valence-corrected chi connectivity index (χ2v) is 4.68. The predicted molar refractivity (Wildman–Crippen MR) is 62.8 cm³/mol. The molecule has 0 spiro atoms. The van der Waals surface area contributed by atoms with E-state index in [1.54, 1.807) is 12.3 Å². The smallest absolute Gasteiger partial charge is 0.165 e. The van der Waals surface area contributed by atoms with Crippen molar-refractivity contribution in [2.45, 2.75) is 26.7 Å². The van der Waals surface area contributed by atoms with Crippen molar-refractivity contribution in [2.24, 2.45) is 5.41 Å². The molecule has 90 valence electrons. The van der Waals surface area contributed by atoms with Crippen molar-refractivity contribution in [3.05, 3.63) is 24.1 Å². The van der Waals surface area contributed by atoms with E-state index in [0.717, 1.165) is 12.8 Å². The lowest BCUT2D eigenvalue weighted by Gasteiger charge is -2.24. The minimum Gasteiger partial charge on any atom is -0.396 e. The van der Waals surface area contributed by atoms with Crippen molar-refractivity contribution < 1.29 is 9.50 Å². The summed E-state index contributed by atoms with van der Waals surface area (Å²) < 4.78 is 13.3. The van der Waals surface area contributed by atoms with Gasteiger partial charge in [0.2, 0.25) is 0 Å². The number of aliphatic hydroxyl groups is 1. The maximum Gasteiger partial charge on any atom is 0.165 e. The van der Waals surface area contributed by atoms with Crippen LogP contribution in [-0.2, 0) is 0 Å². The standard InChI is InChI=1S/C12H19FN2O/c1-12(2,6-4-8-16)9-15-11-10(13)5-3-7-14-11/h3,5,7,16H,4,6,8-9H2,1-2H3,(H,14,15). The first-order chi connectivity index (χ1) is 7.55. The second kappa shape index (κ2) is 5.80. The molecule has 0 aromatic carbocycles. The summed E-state index contributed by atoms with van der Waals surface area (Å²) in [4.78, 5) is 3.93. The first kappa shape index (κ1) is 12.9. The molecule has 16 heavy (non-hydrogen) atoms. The number of anilines is 1. The number of hydrogen-bond acceptors (Lipinski definition) is 3. The molecular formula is C12H19FN2O. The monoisotopic (exact) mass is 226 g/mol. The van der Waals surface area contributed by atoms with Crippen LogP contribution in [0.1, 0.15) is 26.7 Å². The molecule has 0 atom stereocenters. The Morgan fingerprint density at radius 3 is 2.88 bits per heavy atom. The third-order valence-corrected chi connectivity index (χ3v) is 2.50. The van der Waals surface area contributed by atoms with E-state index in [4.69, 9.17) is 5.11 Å². The Balaban J connectivity index is 2.47. The Morgan fingerprint density at radius 2 is 2.25 bits per heavy atom. The van der Waals surface area contributed by atoms with Gasteiger partial charge in [0.1, 0.15) is 0 Å². The fourth-order valence-corrected chi connectivity index (χ4v) is 1.48. The van der Waals surface area contributed by atoms with E-state index in [2.05, 4.69) is 24.1 Å². The van der Waals surface area contributed by atoms with Crippen LogP contribution in [-0.4, -0.2) is 23.2 Å². The third-order valence-electron chi connectivity index (χ3n) is 2.50. The number of halogens is 1. The van der Waals surface area contributed by atoms with Crippen LogP contribution in [0.2, 0.25) is 0 Å². The van der Waals surface area contributed by atoms with Gasteiger partial charge < -0.3 is 10.4 Å². The summed E-state index contributed by atoms with van der Waals surface area (Å²) in [5.41, 5.74) is 0.0205. The van der Waals surface area contributed by atoms with E-state index in [1.165, 1.54) is 6.07 Å². The topological polar surface area (TPSA) is 45.1 Å². The largest absolute Gasteiger partial charge is 0.396 e. The molecular weight excluding hydrogens is 207 g/mol. The van der Waals surface area contributed by atoms with Crippen molar-refractivity contribution in [3.8, 4) is 0 Å². The molecule has 0 aliphatic rings. The van der Waals surface area contributed by atoms with E-state index < -0.39 is 0 Å². The van der Waals surface area contributed by atoms with Crippen LogP contribution >= 0.6 is 0 Å². The average molecular weight is 226 g/mol. The van der Waals surface area contributed by atoms with Gasteiger partial charge in [-0.15, -0.1) is 0 Å². The van der Waals surface area contributed by atoms with Gasteiger partial charge in [-0.1, -0.05) is 13.8 Å². The minimum atomic E-state index is -0.333. The first-order valence-corrected chi connectivity index (χ1v) is 5.50. The zero-order valence-corrected chi connectivity index (χ0v) is 9.83. The number of rotatable bonds is 6. The summed E-state index contributed by atoms with van der Waals surface area (Å²) in [6, 6.07) is 2.95. The molecule has 0 saturated carbocycles. The third kappa shape index (κ3) is 4.14. The van der Waals surface area contributed by atoms with E-state index in [0.29, 0.717) is 12.4 Å². The molecule has 0 bridgehead atoms. The molecule has 1 rings (SSSR count). The van der Waals surface area contributed by atoms with Gasteiger partial charge in [-0.25, -0.2) is 9.37 Å². The van der Waals surface area contributed by atoms with Gasteiger partial charge in [-0.3, -0.25) is 0 Å². The van der Waals surface area contributed by atoms with Crippen molar-refractivity contribution in [2.75, 3.05) is 18.5 Å². The molecule has 2 N–H and O–H groups in total. The molecule has 1 aromatic heterocycles. The number of aromatic nitrogens is 1. The number of nitrogens with one attached hydrogen (secondary N) is 1. The van der Waals surface area contributed by atoms with Crippen LogP contribution in [0.4, 0.5) is 10.2 Å². The highest BCUT2D eigenvalue weighted by Gasteiger charge is 2.17. The van der Waals surface area contributed by atoms with Crippen LogP contribution in [0, 0.1) is 11.2 Å². The predicted octanol–water partition coefficient (Wildman–Crippen LogP) is 2.43. The van der Waals surface area contributed by atoms with Gasteiger partial charge in [0.15, 0.2) is 11.6 Å². The summed E-state index contributed by atoms with van der Waals surface area (Å²) in [6.45, 7) is 5.00. The number of nitrogens with zero attached hydrogens (tertiary/aromatic N) is 1. The lowest BCUT2D eigenvalue weighted by Crippen LogP contribution is -2.24. The molecule has 0 unspecified atom stereocenters. The summed E-state index contributed by atoms with van der Waals surface area (Å²) in [5, 5.41) is 11.8. The Labute approximate surface area is 95.7 Å². The normalized spacial score (nSPS) is 11.5. The summed E-state index contributed by atoms with van der Waals surface area (Å²) in [7, 11) is 0. The molecule has 4 heteroatoms. The average Bonchev–Trinajstić information content (AvgIpc) is 2.26. The minimum absolute atomic E-state index is 0.0205. The van der Waals surface area contributed by atoms with E-state index in [-0.39, 0.29) is 17.8 Å². The fraction of sp³-hybridized carbons (Fsp3) is 0.583. The molecule has 0 aliphatic heterocycles. The molecule has 1 aromatic rings. The maximum atomic E-state index is 13.3. The van der Waals surface area contributed by atoms with E-state index in [1.807, 2.05) is 0 Å². The summed E-state index contributed by atoms with van der Waals surface area (Å²) in [5.74, 6) is -0.0416. The zero-order valence-electron chi connectivity index (χ0n) is 9.83. The fourth-order valence-electron chi connectivity index (χ4n) is 1.48. The van der Waals surface area contributed by atoms with Crippen LogP contribution in [0.15, 0.2) is 18.3 Å². The van der Waals surface area contributed by atoms with Gasteiger partial charge in [0, 0.05) is 19.3 Å².